The van der Waals surface area contributed by atoms with Gasteiger partial charge in [0.1, 0.15) is 0 Å². The molecule has 0 aromatic heterocycles. The molecule has 4 nitrogen and oxygen atoms in total. The number of anilines is 1. The predicted molar refractivity (Wildman–Crippen MR) is 87.3 cm³/mol. The Balaban J connectivity index is 1.81. The maximum Gasteiger partial charge on any atom is 0.221 e. The monoisotopic (exact) mass is 289 g/mol. The van der Waals surface area contributed by atoms with Crippen LogP contribution in [-0.2, 0) is 11.3 Å². The predicted octanol–water partition coefficient (Wildman–Crippen LogP) is 2.47. The number of piperidine rings is 1. The minimum absolute atomic E-state index is 0.0162. The van der Waals surface area contributed by atoms with Crippen LogP contribution in [0.3, 0.4) is 0 Å². The summed E-state index contributed by atoms with van der Waals surface area (Å²) in [4.78, 5) is 13.6. The summed E-state index contributed by atoms with van der Waals surface area (Å²) in [6.07, 6.45) is 3.89. The molecule has 1 fully saturated rings. The van der Waals surface area contributed by atoms with Gasteiger partial charge in [0.05, 0.1) is 0 Å². The molecule has 1 amide bonds. The fourth-order valence-electron chi connectivity index (χ4n) is 2.99. The molecule has 4 heteroatoms. The van der Waals surface area contributed by atoms with Gasteiger partial charge in [-0.15, -0.1) is 0 Å². The van der Waals surface area contributed by atoms with Crippen molar-refractivity contribution in [1.29, 1.82) is 0 Å². The average Bonchev–Trinajstić information content (AvgIpc) is 2.46. The Morgan fingerprint density at radius 1 is 1.33 bits per heavy atom. The summed E-state index contributed by atoms with van der Waals surface area (Å²) >= 11 is 0. The highest BCUT2D eigenvalue weighted by Crippen LogP contribution is 2.22. The zero-order chi connectivity index (χ0) is 15.1. The standard InChI is InChI=1S/C17H27N3O/c1-14(21)19-17-5-3-4-16(12-17)13-20-10-7-15(8-11-20)6-9-18-2/h3-5,12,15,18H,6-11,13H2,1-2H3,(H,19,21). The molecule has 1 aromatic carbocycles. The summed E-state index contributed by atoms with van der Waals surface area (Å²) in [5.41, 5.74) is 2.17. The van der Waals surface area contributed by atoms with E-state index in [9.17, 15) is 4.79 Å². The molecule has 1 aromatic rings. The second-order valence-electron chi connectivity index (χ2n) is 5.99. The molecule has 1 aliphatic heterocycles. The number of nitrogens with one attached hydrogen (secondary N) is 2. The highest BCUT2D eigenvalue weighted by molar-refractivity contribution is 5.88. The molecule has 0 bridgehead atoms. The van der Waals surface area contributed by atoms with Gasteiger partial charge in [0.15, 0.2) is 0 Å². The van der Waals surface area contributed by atoms with Crippen LogP contribution in [0.25, 0.3) is 0 Å². The maximum atomic E-state index is 11.1. The van der Waals surface area contributed by atoms with Crippen molar-refractivity contribution in [3.05, 3.63) is 29.8 Å². The van der Waals surface area contributed by atoms with Crippen molar-refractivity contribution in [2.75, 3.05) is 32.0 Å². The average molecular weight is 289 g/mol. The minimum Gasteiger partial charge on any atom is -0.326 e. The third-order valence-electron chi connectivity index (χ3n) is 4.16. The number of carbonyl (C=O) groups excluding carboxylic acids is 1. The zero-order valence-electron chi connectivity index (χ0n) is 13.2. The van der Waals surface area contributed by atoms with Gasteiger partial charge in [0.25, 0.3) is 0 Å². The first-order valence-electron chi connectivity index (χ1n) is 7.91. The number of rotatable bonds is 6. The Hall–Kier alpha value is -1.39. The second kappa shape index (κ2) is 8.15. The molecule has 1 aliphatic rings. The first kappa shape index (κ1) is 16.0. The molecule has 116 valence electrons. The first-order valence-corrected chi connectivity index (χ1v) is 7.91. The van der Waals surface area contributed by atoms with Crippen LogP contribution in [0.4, 0.5) is 5.69 Å². The van der Waals surface area contributed by atoms with E-state index in [0.29, 0.717) is 0 Å². The van der Waals surface area contributed by atoms with Crippen molar-refractivity contribution in [2.45, 2.75) is 32.7 Å². The molecule has 0 saturated carbocycles. The van der Waals surface area contributed by atoms with E-state index in [4.69, 9.17) is 0 Å². The molecule has 0 spiro atoms. The molecular formula is C17H27N3O. The fourth-order valence-corrected chi connectivity index (χ4v) is 2.99. The van der Waals surface area contributed by atoms with Gasteiger partial charge in [-0.2, -0.15) is 0 Å². The van der Waals surface area contributed by atoms with E-state index in [1.807, 2.05) is 19.2 Å². The van der Waals surface area contributed by atoms with E-state index in [0.717, 1.165) is 24.7 Å². The van der Waals surface area contributed by atoms with Crippen LogP contribution in [0.2, 0.25) is 0 Å². The number of likely N-dealkylation sites (tertiary alicyclic amines) is 1. The van der Waals surface area contributed by atoms with Gasteiger partial charge in [-0.05, 0) is 69.6 Å². The summed E-state index contributed by atoms with van der Waals surface area (Å²) in [5.74, 6) is 0.858. The van der Waals surface area contributed by atoms with Crippen molar-refractivity contribution in [3.63, 3.8) is 0 Å². The van der Waals surface area contributed by atoms with Gasteiger partial charge in [0.2, 0.25) is 5.91 Å². The Kier molecular flexibility index (Phi) is 6.21. The highest BCUT2D eigenvalue weighted by atomic mass is 16.1. The molecule has 0 unspecified atom stereocenters. The lowest BCUT2D eigenvalue weighted by Gasteiger charge is -2.32. The lowest BCUT2D eigenvalue weighted by molar-refractivity contribution is -0.114. The highest BCUT2D eigenvalue weighted by Gasteiger charge is 2.18. The van der Waals surface area contributed by atoms with Crippen LogP contribution < -0.4 is 10.6 Å². The molecule has 1 saturated heterocycles. The Labute approximate surface area is 127 Å². The quantitative estimate of drug-likeness (QED) is 0.845. The SMILES string of the molecule is CNCCC1CCN(Cc2cccc(NC(C)=O)c2)CC1. The summed E-state index contributed by atoms with van der Waals surface area (Å²) in [6, 6.07) is 8.17. The molecule has 0 aliphatic carbocycles. The molecule has 0 radical (unpaired) electrons. The molecular weight excluding hydrogens is 262 g/mol. The van der Waals surface area contributed by atoms with Crippen LogP contribution in [0.15, 0.2) is 24.3 Å². The largest absolute Gasteiger partial charge is 0.326 e. The molecule has 21 heavy (non-hydrogen) atoms. The van der Waals surface area contributed by atoms with E-state index in [2.05, 4.69) is 27.7 Å². The van der Waals surface area contributed by atoms with Gasteiger partial charge < -0.3 is 10.6 Å². The zero-order valence-corrected chi connectivity index (χ0v) is 13.2. The number of carbonyl (C=O) groups is 1. The molecule has 2 rings (SSSR count). The molecule has 1 heterocycles. The van der Waals surface area contributed by atoms with Crippen LogP contribution in [0.5, 0.6) is 0 Å². The normalized spacial score (nSPS) is 16.9. The van der Waals surface area contributed by atoms with Gasteiger partial charge in [-0.3, -0.25) is 9.69 Å². The van der Waals surface area contributed by atoms with Gasteiger partial charge in [-0.1, -0.05) is 12.1 Å². The van der Waals surface area contributed by atoms with Crippen LogP contribution >= 0.6 is 0 Å². The number of benzene rings is 1. The maximum absolute atomic E-state index is 11.1. The third-order valence-corrected chi connectivity index (χ3v) is 4.16. The number of hydrogen-bond acceptors (Lipinski definition) is 3. The lowest BCUT2D eigenvalue weighted by Crippen LogP contribution is -2.34. The summed E-state index contributed by atoms with van der Waals surface area (Å²) in [5, 5.41) is 6.09. The Bertz CT molecular complexity index is 453. The summed E-state index contributed by atoms with van der Waals surface area (Å²) < 4.78 is 0. The van der Waals surface area contributed by atoms with Crippen molar-refractivity contribution in [3.8, 4) is 0 Å². The van der Waals surface area contributed by atoms with Crippen LogP contribution in [0, 0.1) is 5.92 Å². The van der Waals surface area contributed by atoms with Crippen molar-refractivity contribution < 1.29 is 4.79 Å². The Morgan fingerprint density at radius 2 is 2.10 bits per heavy atom. The Morgan fingerprint density at radius 3 is 2.76 bits per heavy atom. The topological polar surface area (TPSA) is 44.4 Å². The second-order valence-corrected chi connectivity index (χ2v) is 5.99. The van der Waals surface area contributed by atoms with Crippen molar-refractivity contribution in [1.82, 2.24) is 10.2 Å². The lowest BCUT2D eigenvalue weighted by atomic mass is 9.93. The summed E-state index contributed by atoms with van der Waals surface area (Å²) in [6.45, 7) is 6.01. The van der Waals surface area contributed by atoms with Gasteiger partial charge >= 0.3 is 0 Å². The number of amides is 1. The summed E-state index contributed by atoms with van der Waals surface area (Å²) in [7, 11) is 2.02. The fraction of sp³-hybridized carbons (Fsp3) is 0.588. The molecule has 2 N–H and O–H groups in total. The van der Waals surface area contributed by atoms with E-state index < -0.39 is 0 Å². The number of hydrogen-bond donors (Lipinski definition) is 2. The number of nitrogens with zero attached hydrogens (tertiary/aromatic N) is 1. The van der Waals surface area contributed by atoms with Crippen LogP contribution in [-0.4, -0.2) is 37.5 Å². The van der Waals surface area contributed by atoms with E-state index in [1.54, 1.807) is 6.92 Å². The smallest absolute Gasteiger partial charge is 0.221 e. The minimum atomic E-state index is -0.0162. The van der Waals surface area contributed by atoms with Gasteiger partial charge in [-0.25, -0.2) is 0 Å². The van der Waals surface area contributed by atoms with E-state index in [-0.39, 0.29) is 5.91 Å². The van der Waals surface area contributed by atoms with Gasteiger partial charge in [0, 0.05) is 19.2 Å². The van der Waals surface area contributed by atoms with E-state index >= 15 is 0 Å². The third kappa shape index (κ3) is 5.48. The van der Waals surface area contributed by atoms with E-state index in [1.165, 1.54) is 37.9 Å². The van der Waals surface area contributed by atoms with Crippen LogP contribution in [0.1, 0.15) is 31.7 Å². The molecule has 0 atom stereocenters. The van der Waals surface area contributed by atoms with Crippen molar-refractivity contribution >= 4 is 11.6 Å². The van der Waals surface area contributed by atoms with Crippen molar-refractivity contribution in [2.24, 2.45) is 5.92 Å². The first-order chi connectivity index (χ1) is 10.2.